The van der Waals surface area contributed by atoms with Crippen LogP contribution >= 0.6 is 0 Å². The number of H-pyrrole nitrogens is 1. The second-order valence-electron chi connectivity index (χ2n) is 20.2. The second kappa shape index (κ2) is 32.4. The number of imidazole rings is 2. The number of ketones is 2. The lowest BCUT2D eigenvalue weighted by molar-refractivity contribution is -0.152. The number of rotatable bonds is 19. The Bertz CT molecular complexity index is 2920. The number of nitrogens with zero attached hydrogens (tertiary/aromatic N) is 4. The number of phenols is 1. The molecule has 0 saturated carbocycles. The lowest BCUT2D eigenvalue weighted by Gasteiger charge is -2.22. The molecule has 8 atom stereocenters. The van der Waals surface area contributed by atoms with Crippen molar-refractivity contribution in [2.45, 2.75) is 130 Å². The lowest BCUT2D eigenvalue weighted by atomic mass is 9.94. The minimum Gasteiger partial charge on any atom is -0.507 e. The van der Waals surface area contributed by atoms with E-state index in [0.29, 0.717) is 60.4 Å². The fraction of sp³-hybridized carbons (Fsp3) is 0.458. The number of fused-ring (bicyclic) bond motifs is 3. The first-order chi connectivity index (χ1) is 39.3. The van der Waals surface area contributed by atoms with Crippen LogP contribution in [-0.4, -0.2) is 166 Å². The minimum absolute atomic E-state index is 0. The molecule has 22 nitrogen and oxygen atoms in total. The van der Waals surface area contributed by atoms with Gasteiger partial charge in [0.05, 0.1) is 31.6 Å². The maximum absolute atomic E-state index is 13.6. The zero-order valence-electron chi connectivity index (χ0n) is 47.1. The number of aromatic hydroxyl groups is 1. The molecule has 0 aliphatic carbocycles. The van der Waals surface area contributed by atoms with Crippen molar-refractivity contribution < 1.29 is 82.0 Å². The van der Waals surface area contributed by atoms with Crippen LogP contribution in [0.5, 0.6) is 23.0 Å². The van der Waals surface area contributed by atoms with Crippen molar-refractivity contribution in [1.29, 1.82) is 0 Å². The van der Waals surface area contributed by atoms with E-state index in [-0.39, 0.29) is 74.0 Å². The molecule has 83 heavy (non-hydrogen) atoms. The second-order valence-corrected chi connectivity index (χ2v) is 20.2. The smallest absolute Gasteiger partial charge is 0.342 e. The van der Waals surface area contributed by atoms with Crippen molar-refractivity contribution in [2.75, 3.05) is 33.7 Å². The standard InChI is InChI=1S/C32H39B2N3O10.C26H32N2O7.CH4/c1-21-9-10-25(40)30-26(46-32(3,4)47-30)8-6-7-23-15-24(16-27(44-20-42-5)29(23)31(41)45-22(21)2)43-14-13-36(33-18-38)17-28-35-11-12-37(28)34-19-39;1-16-9-10-21(30)25(32)20(29)7-5-6-18-14-19(15-22(31)24(18)26(33)35-17(16)2)34-13-4-3-8-23-27-11-12-28-23;/h6-7,9-12,15-16,18-19,21-22,26,30H,8,13-14,17,20H2,1-5H3;5-6,9-12,14-17,20,25,29,31-32H,3-4,7-8,13H2,1-2H3,(H,27,28);1H4/b7-6+,10-9-;6-5+,10-9-;/t21-,22?,26?,30?;16-,17?,20?,25?;/m11./s1. The first-order valence-corrected chi connectivity index (χ1v) is 27.0. The molecule has 3 aliphatic rings. The molecule has 6 unspecified atom stereocenters. The highest BCUT2D eigenvalue weighted by Gasteiger charge is 2.44. The molecule has 3 aliphatic heterocycles. The van der Waals surface area contributed by atoms with E-state index < -0.39 is 60.1 Å². The van der Waals surface area contributed by atoms with E-state index in [1.54, 1.807) is 105 Å². The van der Waals surface area contributed by atoms with Crippen LogP contribution < -0.4 is 14.2 Å². The van der Waals surface area contributed by atoms with Crippen LogP contribution in [0, 0.1) is 11.8 Å². The zero-order chi connectivity index (χ0) is 59.3. The molecule has 24 heteroatoms. The van der Waals surface area contributed by atoms with E-state index in [4.69, 9.17) is 37.9 Å². The molecule has 2 aromatic heterocycles. The molecular formula is C59H75B2N5O17. The summed E-state index contributed by atoms with van der Waals surface area (Å²) in [5.74, 6) is -1.65. The van der Waals surface area contributed by atoms with E-state index in [2.05, 4.69) is 15.0 Å². The third-order valence-electron chi connectivity index (χ3n) is 13.5. The Balaban J connectivity index is 0.000000313. The number of nitrogens with one attached hydrogen (secondary N) is 1. The normalized spacial score (nSPS) is 24.2. The Morgan fingerprint density at radius 1 is 0.795 bits per heavy atom. The summed E-state index contributed by atoms with van der Waals surface area (Å²) in [5.41, 5.74) is 0.935. The van der Waals surface area contributed by atoms with Gasteiger partial charge in [0, 0.05) is 75.4 Å². The molecule has 4 N–H and O–H groups in total. The average molecular weight is 1150 g/mol. The lowest BCUT2D eigenvalue weighted by Crippen LogP contribution is -2.34. The number of unbranched alkanes of at least 4 members (excludes halogenated alkanes) is 1. The van der Waals surface area contributed by atoms with E-state index in [1.807, 2.05) is 6.92 Å². The Labute approximate surface area is 485 Å². The molecule has 1 fully saturated rings. The Kier molecular flexibility index (Phi) is 25.9. The van der Waals surface area contributed by atoms with Crippen molar-refractivity contribution in [1.82, 2.24) is 24.2 Å². The number of esters is 2. The Hall–Kier alpha value is -7.47. The van der Waals surface area contributed by atoms with Gasteiger partial charge in [0.1, 0.15) is 76.4 Å². The third kappa shape index (κ3) is 19.6. The summed E-state index contributed by atoms with van der Waals surface area (Å²) in [5, 5.41) is 30.9. The molecule has 4 aromatic rings. The molecule has 1 saturated heterocycles. The van der Waals surface area contributed by atoms with Crippen LogP contribution in [0.2, 0.25) is 0 Å². The molecule has 0 spiro atoms. The molecule has 0 amide bonds. The van der Waals surface area contributed by atoms with E-state index in [0.717, 1.165) is 25.1 Å². The highest BCUT2D eigenvalue weighted by molar-refractivity contribution is 6.65. The number of carbonyl (C=O) groups excluding carboxylic acids is 6. The maximum atomic E-state index is 13.6. The van der Waals surface area contributed by atoms with Gasteiger partial charge < -0.3 is 77.1 Å². The molecule has 2 radical (unpaired) electrons. The van der Waals surface area contributed by atoms with Crippen LogP contribution in [0.3, 0.4) is 0 Å². The van der Waals surface area contributed by atoms with E-state index >= 15 is 0 Å². The topological polar surface area (TPSA) is 287 Å². The van der Waals surface area contributed by atoms with Gasteiger partial charge in [0.2, 0.25) is 0 Å². The van der Waals surface area contributed by atoms with Crippen LogP contribution in [0.15, 0.2) is 85.5 Å². The van der Waals surface area contributed by atoms with Gasteiger partial charge in [-0.3, -0.25) is 9.59 Å². The number of hydrogen-bond donors (Lipinski definition) is 4. The molecule has 0 bridgehead atoms. The largest absolute Gasteiger partial charge is 0.507 e. The van der Waals surface area contributed by atoms with Crippen LogP contribution in [-0.2, 0) is 55.8 Å². The highest BCUT2D eigenvalue weighted by atomic mass is 16.8. The van der Waals surface area contributed by atoms with Gasteiger partial charge in [0.15, 0.2) is 24.1 Å². The number of ether oxygens (including phenoxy) is 8. The van der Waals surface area contributed by atoms with Gasteiger partial charge >= 0.3 is 19.4 Å². The first-order valence-electron chi connectivity index (χ1n) is 27.0. The summed E-state index contributed by atoms with van der Waals surface area (Å²) < 4.78 is 47.8. The van der Waals surface area contributed by atoms with E-state index in [9.17, 15) is 44.1 Å². The number of aryl methyl sites for hydroxylation is 1. The predicted molar refractivity (Wildman–Crippen MR) is 309 cm³/mol. The van der Waals surface area contributed by atoms with Crippen LogP contribution in [0.4, 0.5) is 0 Å². The summed E-state index contributed by atoms with van der Waals surface area (Å²) in [6, 6.07) is 6.24. The number of aliphatic hydroxyl groups excluding tert-OH is 2. The number of methoxy groups -OCH3 is 1. The highest BCUT2D eigenvalue weighted by Crippen LogP contribution is 2.35. The predicted octanol–water partition coefficient (Wildman–Crippen LogP) is 6.06. The quantitative estimate of drug-likeness (QED) is 0.0273. The van der Waals surface area contributed by atoms with Crippen molar-refractivity contribution >= 4 is 62.9 Å². The third-order valence-corrected chi connectivity index (χ3v) is 13.5. The minimum atomic E-state index is -1.58. The van der Waals surface area contributed by atoms with E-state index in [1.165, 1.54) is 58.4 Å². The Morgan fingerprint density at radius 3 is 2.11 bits per heavy atom. The first kappa shape index (κ1) is 66.3. The van der Waals surface area contributed by atoms with Gasteiger partial charge in [-0.2, -0.15) is 0 Å². The number of aromatic amines is 1. The van der Waals surface area contributed by atoms with Gasteiger partial charge in [-0.25, -0.2) is 19.6 Å². The average Bonchev–Trinajstić information content (AvgIpc) is 4.39. The number of benzene rings is 2. The number of aliphatic hydroxyl groups is 2. The van der Waals surface area contributed by atoms with Gasteiger partial charge in [-0.1, -0.05) is 57.7 Å². The maximum Gasteiger partial charge on any atom is 0.342 e. The summed E-state index contributed by atoms with van der Waals surface area (Å²) in [7, 11) is 4.16. The zero-order valence-corrected chi connectivity index (χ0v) is 47.1. The Morgan fingerprint density at radius 2 is 1.45 bits per heavy atom. The number of cyclic esters (lactones) is 2. The summed E-state index contributed by atoms with van der Waals surface area (Å²) in [6.07, 6.45) is 17.7. The van der Waals surface area contributed by atoms with Crippen LogP contribution in [0.1, 0.15) is 118 Å². The number of phenolic OH excluding ortho intramolecular Hbond substituents is 1. The van der Waals surface area contributed by atoms with Crippen molar-refractivity contribution in [3.05, 3.63) is 119 Å². The summed E-state index contributed by atoms with van der Waals surface area (Å²) in [6.45, 7) is 11.5. The SMILES string of the molecule is C.CC1OC(=O)c2c(O)cc(OCCCCc3ncc[nH]3)cc2/C=C/CC(O)C(O)C(=O)/C=C\[C@H]1C.COCOc1cc(OCCN([B]C=O)Cc2nccn2[B]C=O)cc2c1C(=O)OC(C)[C@H](C)/C=C\C(=O)C1OC(C)(C)OC1C/C=C/2. The van der Waals surface area contributed by atoms with Crippen LogP contribution in [0.25, 0.3) is 12.2 Å². The number of carbonyl (C=O) groups is 6. The molecule has 444 valence electrons. The summed E-state index contributed by atoms with van der Waals surface area (Å²) in [4.78, 5) is 87.2. The van der Waals surface area contributed by atoms with Crippen molar-refractivity contribution in [3.8, 4) is 23.0 Å². The van der Waals surface area contributed by atoms with Crippen molar-refractivity contribution in [2.24, 2.45) is 11.8 Å². The van der Waals surface area contributed by atoms with Gasteiger partial charge in [0.25, 0.3) is 7.41 Å². The monoisotopic (exact) mass is 1150 g/mol. The molecule has 2 aromatic carbocycles. The fourth-order valence-corrected chi connectivity index (χ4v) is 8.68. The van der Waals surface area contributed by atoms with Gasteiger partial charge in [-0.15, -0.1) is 0 Å². The van der Waals surface area contributed by atoms with Gasteiger partial charge in [-0.05, 0) is 88.8 Å². The fourth-order valence-electron chi connectivity index (χ4n) is 8.68. The molecular weight excluding hydrogens is 1070 g/mol. The number of aromatic nitrogens is 4. The van der Waals surface area contributed by atoms with Crippen molar-refractivity contribution in [3.63, 3.8) is 0 Å². The molecule has 5 heterocycles. The molecule has 7 rings (SSSR count). The number of hydrogen-bond acceptors (Lipinski definition) is 20. The summed E-state index contributed by atoms with van der Waals surface area (Å²) >= 11 is 0.